The van der Waals surface area contributed by atoms with Gasteiger partial charge in [0.1, 0.15) is 0 Å². The lowest BCUT2D eigenvalue weighted by atomic mass is 9.79. The first-order chi connectivity index (χ1) is 13.6. The van der Waals surface area contributed by atoms with Crippen LogP contribution < -0.4 is 10.2 Å². The molecule has 6 heteroatoms. The molecular formula is C23H28BrN5. The maximum absolute atomic E-state index is 4.55. The Morgan fingerprint density at radius 3 is 2.38 bits per heavy atom. The summed E-state index contributed by atoms with van der Waals surface area (Å²) >= 11 is 3.47. The van der Waals surface area contributed by atoms with Gasteiger partial charge in [-0.05, 0) is 80.7 Å². The fourth-order valence-electron chi connectivity index (χ4n) is 4.65. The Balaban J connectivity index is 1.57. The molecule has 5 nitrogen and oxygen atoms in total. The zero-order valence-corrected chi connectivity index (χ0v) is 19.3. The van der Waals surface area contributed by atoms with E-state index in [0.29, 0.717) is 6.04 Å². The van der Waals surface area contributed by atoms with Gasteiger partial charge >= 0.3 is 0 Å². The minimum absolute atomic E-state index is 0.0983. The average molecular weight is 454 g/mol. The number of halogens is 1. The van der Waals surface area contributed by atoms with Crippen molar-refractivity contribution in [3.8, 4) is 11.3 Å². The van der Waals surface area contributed by atoms with E-state index in [1.807, 2.05) is 6.20 Å². The molecule has 0 saturated carbocycles. The second kappa shape index (κ2) is 7.33. The van der Waals surface area contributed by atoms with E-state index in [1.54, 1.807) is 0 Å². The Hall–Kier alpha value is -2.05. The molecule has 0 atom stereocenters. The lowest BCUT2D eigenvalue weighted by Gasteiger charge is -2.49. The highest BCUT2D eigenvalue weighted by Crippen LogP contribution is 2.33. The van der Waals surface area contributed by atoms with Crippen molar-refractivity contribution in [1.82, 2.24) is 20.5 Å². The number of nitrogens with one attached hydrogen (secondary N) is 1. The summed E-state index contributed by atoms with van der Waals surface area (Å²) in [4.78, 5) is 6.77. The maximum atomic E-state index is 4.55. The third-order valence-electron chi connectivity index (χ3n) is 5.67. The Kier molecular flexibility index (Phi) is 5.11. The molecule has 3 aromatic rings. The normalized spacial score (nSPS) is 18.7. The number of pyridine rings is 1. The van der Waals surface area contributed by atoms with E-state index in [0.717, 1.165) is 45.3 Å². The fourth-order valence-corrected chi connectivity index (χ4v) is 5.00. The third kappa shape index (κ3) is 4.43. The molecule has 0 bridgehead atoms. The van der Waals surface area contributed by atoms with Crippen LogP contribution in [0.4, 0.5) is 5.82 Å². The van der Waals surface area contributed by atoms with Crippen molar-refractivity contribution in [1.29, 1.82) is 0 Å². The third-order valence-corrected chi connectivity index (χ3v) is 6.11. The zero-order chi connectivity index (χ0) is 20.8. The molecule has 3 heterocycles. The highest BCUT2D eigenvalue weighted by Gasteiger charge is 2.39. The Morgan fingerprint density at radius 2 is 1.72 bits per heavy atom. The van der Waals surface area contributed by atoms with Crippen LogP contribution in [0.15, 0.2) is 47.1 Å². The molecular weight excluding hydrogens is 426 g/mol. The van der Waals surface area contributed by atoms with E-state index in [4.69, 9.17) is 0 Å². The van der Waals surface area contributed by atoms with E-state index < -0.39 is 0 Å². The summed E-state index contributed by atoms with van der Waals surface area (Å²) in [5.41, 5.74) is 3.04. The molecule has 0 unspecified atom stereocenters. The van der Waals surface area contributed by atoms with Crippen molar-refractivity contribution < 1.29 is 0 Å². The average Bonchev–Trinajstić information content (AvgIpc) is 2.64. The monoisotopic (exact) mass is 453 g/mol. The van der Waals surface area contributed by atoms with Gasteiger partial charge in [-0.2, -0.15) is 0 Å². The summed E-state index contributed by atoms with van der Waals surface area (Å²) in [5.74, 6) is 0.912. The van der Waals surface area contributed by atoms with E-state index in [2.05, 4.69) is 112 Å². The number of rotatable bonds is 3. The summed E-state index contributed by atoms with van der Waals surface area (Å²) in [6.07, 6.45) is 3.96. The van der Waals surface area contributed by atoms with Crippen molar-refractivity contribution in [3.63, 3.8) is 0 Å². The predicted octanol–water partition coefficient (Wildman–Crippen LogP) is 5.20. The number of fused-ring (bicyclic) bond motifs is 1. The van der Waals surface area contributed by atoms with Crippen molar-refractivity contribution in [3.05, 3.63) is 47.1 Å². The predicted molar refractivity (Wildman–Crippen MR) is 123 cm³/mol. The van der Waals surface area contributed by atoms with Gasteiger partial charge in [0.15, 0.2) is 5.82 Å². The van der Waals surface area contributed by atoms with Crippen LogP contribution in [0.1, 0.15) is 40.5 Å². The maximum Gasteiger partial charge on any atom is 0.151 e. The number of piperidine rings is 1. The molecule has 1 N–H and O–H groups in total. The molecule has 29 heavy (non-hydrogen) atoms. The minimum Gasteiger partial charge on any atom is -0.355 e. The van der Waals surface area contributed by atoms with Gasteiger partial charge in [-0.25, -0.2) is 0 Å². The molecule has 0 amide bonds. The van der Waals surface area contributed by atoms with Crippen LogP contribution in [0.25, 0.3) is 22.2 Å². The molecule has 152 valence electrons. The molecule has 1 fully saturated rings. The summed E-state index contributed by atoms with van der Waals surface area (Å²) in [6.45, 7) is 9.09. The van der Waals surface area contributed by atoms with E-state index in [-0.39, 0.29) is 11.1 Å². The lowest BCUT2D eigenvalue weighted by molar-refractivity contribution is 0.160. The number of hydrogen-bond donors (Lipinski definition) is 1. The van der Waals surface area contributed by atoms with Crippen LogP contribution in [0.3, 0.4) is 0 Å². The molecule has 0 spiro atoms. The van der Waals surface area contributed by atoms with Gasteiger partial charge in [0.05, 0.1) is 11.2 Å². The number of anilines is 1. The van der Waals surface area contributed by atoms with E-state index >= 15 is 0 Å². The van der Waals surface area contributed by atoms with Gasteiger partial charge in [0.2, 0.25) is 0 Å². The van der Waals surface area contributed by atoms with Gasteiger partial charge in [-0.15, -0.1) is 10.2 Å². The minimum atomic E-state index is 0.0983. The van der Waals surface area contributed by atoms with Crippen LogP contribution in [-0.2, 0) is 0 Å². The molecule has 0 aliphatic carbocycles. The fraction of sp³-hybridized carbons (Fsp3) is 0.435. The van der Waals surface area contributed by atoms with Crippen LogP contribution in [0.2, 0.25) is 0 Å². The molecule has 1 aliphatic rings. The first-order valence-electron chi connectivity index (χ1n) is 10.0. The molecule has 2 aromatic heterocycles. The highest BCUT2D eigenvalue weighted by molar-refractivity contribution is 9.10. The smallest absolute Gasteiger partial charge is 0.151 e. The number of benzene rings is 1. The van der Waals surface area contributed by atoms with Crippen LogP contribution in [-0.4, -0.2) is 39.3 Å². The molecule has 1 saturated heterocycles. The molecule has 4 rings (SSSR count). The quantitative estimate of drug-likeness (QED) is 0.590. The van der Waals surface area contributed by atoms with Gasteiger partial charge in [-0.1, -0.05) is 12.1 Å². The van der Waals surface area contributed by atoms with Gasteiger partial charge in [0.25, 0.3) is 0 Å². The number of hydrogen-bond acceptors (Lipinski definition) is 5. The van der Waals surface area contributed by atoms with Crippen LogP contribution in [0, 0.1) is 0 Å². The van der Waals surface area contributed by atoms with Gasteiger partial charge < -0.3 is 10.2 Å². The topological polar surface area (TPSA) is 53.9 Å². The lowest BCUT2D eigenvalue weighted by Crippen LogP contribution is -2.62. The van der Waals surface area contributed by atoms with Crippen molar-refractivity contribution in [2.24, 2.45) is 0 Å². The summed E-state index contributed by atoms with van der Waals surface area (Å²) in [7, 11) is 2.13. The van der Waals surface area contributed by atoms with E-state index in [9.17, 15) is 0 Å². The van der Waals surface area contributed by atoms with Crippen LogP contribution in [0.5, 0.6) is 0 Å². The summed E-state index contributed by atoms with van der Waals surface area (Å²) < 4.78 is 0.981. The number of nitrogens with zero attached hydrogens (tertiary/aromatic N) is 4. The Morgan fingerprint density at radius 1 is 1.00 bits per heavy atom. The zero-order valence-electron chi connectivity index (χ0n) is 17.7. The van der Waals surface area contributed by atoms with Gasteiger partial charge in [-0.3, -0.25) is 4.98 Å². The Labute approximate surface area is 181 Å². The van der Waals surface area contributed by atoms with Crippen molar-refractivity contribution in [2.45, 2.75) is 57.7 Å². The molecule has 0 radical (unpaired) electrons. The van der Waals surface area contributed by atoms with E-state index in [1.165, 1.54) is 0 Å². The molecule has 1 aromatic carbocycles. The van der Waals surface area contributed by atoms with Crippen LogP contribution >= 0.6 is 15.9 Å². The van der Waals surface area contributed by atoms with Gasteiger partial charge in [0, 0.05) is 45.8 Å². The first kappa shape index (κ1) is 20.2. The second-order valence-electron chi connectivity index (χ2n) is 9.40. The standard InChI is InChI=1S/C23H28BrN5/c1-22(2)12-18(13-23(3,4)28-22)29(5)21-9-8-19(26-27-21)16-7-6-15-10-17(24)14-25-20(15)11-16/h6-11,14,18,28H,12-13H2,1-5H3. The van der Waals surface area contributed by atoms with Crippen molar-refractivity contribution in [2.75, 3.05) is 11.9 Å². The summed E-state index contributed by atoms with van der Waals surface area (Å²) in [6, 6.07) is 12.8. The second-order valence-corrected chi connectivity index (χ2v) is 10.3. The summed E-state index contributed by atoms with van der Waals surface area (Å²) in [5, 5.41) is 13.9. The largest absolute Gasteiger partial charge is 0.355 e. The SMILES string of the molecule is CN(c1ccc(-c2ccc3cc(Br)cnc3c2)nn1)C1CC(C)(C)NC(C)(C)C1. The first-order valence-corrected chi connectivity index (χ1v) is 10.8. The Bertz CT molecular complexity index is 1010. The number of aromatic nitrogens is 3. The highest BCUT2D eigenvalue weighted by atomic mass is 79.9. The molecule has 1 aliphatic heterocycles. The van der Waals surface area contributed by atoms with Crippen molar-refractivity contribution >= 4 is 32.7 Å².